The molecule has 3 aromatic rings. The lowest BCUT2D eigenvalue weighted by Gasteiger charge is -2.26. The molecule has 3 heterocycles. The van der Waals surface area contributed by atoms with E-state index in [0.717, 1.165) is 4.90 Å². The van der Waals surface area contributed by atoms with Crippen LogP contribution in [0.3, 0.4) is 0 Å². The van der Waals surface area contributed by atoms with Crippen LogP contribution >= 0.6 is 0 Å². The molecule has 1 aromatic heterocycles. The minimum absolute atomic E-state index is 0.169. The van der Waals surface area contributed by atoms with Gasteiger partial charge in [-0.05, 0) is 47.2 Å². The molecule has 4 amide bonds. The summed E-state index contributed by atoms with van der Waals surface area (Å²) >= 11 is 0. The number of ether oxygens (including phenoxy) is 2. The molecule has 12 heteroatoms. The van der Waals surface area contributed by atoms with Crippen molar-refractivity contribution >= 4 is 17.8 Å². The van der Waals surface area contributed by atoms with Crippen molar-refractivity contribution in [3.05, 3.63) is 60.4 Å². The van der Waals surface area contributed by atoms with Crippen LogP contribution in [0.2, 0.25) is 0 Å². The fraction of sp³-hybridized carbons (Fsp3) is 0.273. The highest BCUT2D eigenvalue weighted by molar-refractivity contribution is 6.09. The van der Waals surface area contributed by atoms with E-state index < -0.39 is 29.9 Å². The summed E-state index contributed by atoms with van der Waals surface area (Å²) in [7, 11) is 0. The SMILES string of the molecule is C[C@@]1(c2cccc(-n3cnnn3)c2)NC(=O)N(CC(=O)NC[C@H]2COc3ccccc3O2)C1=O. The van der Waals surface area contributed by atoms with Crippen molar-refractivity contribution in [1.82, 2.24) is 35.7 Å². The molecule has 5 rings (SSSR count). The first-order chi connectivity index (χ1) is 16.4. The molecule has 2 aromatic carbocycles. The molecule has 0 radical (unpaired) electrons. The van der Waals surface area contributed by atoms with Gasteiger partial charge in [0.1, 0.15) is 31.1 Å². The Morgan fingerprint density at radius 2 is 2.03 bits per heavy atom. The summed E-state index contributed by atoms with van der Waals surface area (Å²) in [5.74, 6) is 0.222. The average Bonchev–Trinajstić information content (AvgIpc) is 3.47. The largest absolute Gasteiger partial charge is 0.486 e. The molecule has 2 atom stereocenters. The molecule has 0 saturated carbocycles. The highest BCUT2D eigenvalue weighted by Gasteiger charge is 2.49. The van der Waals surface area contributed by atoms with Gasteiger partial charge in [0.05, 0.1) is 12.2 Å². The molecular formula is C22H21N7O5. The highest BCUT2D eigenvalue weighted by Crippen LogP contribution is 2.31. The number of imide groups is 1. The Balaban J connectivity index is 1.22. The first-order valence-electron chi connectivity index (χ1n) is 10.6. The lowest BCUT2D eigenvalue weighted by molar-refractivity contribution is -0.134. The third-order valence-electron chi connectivity index (χ3n) is 5.71. The second-order valence-corrected chi connectivity index (χ2v) is 8.05. The number of carbonyl (C=O) groups is 3. The zero-order chi connectivity index (χ0) is 23.7. The van der Waals surface area contributed by atoms with Crippen LogP contribution in [0.4, 0.5) is 4.79 Å². The van der Waals surface area contributed by atoms with Crippen LogP contribution in [0.5, 0.6) is 11.5 Å². The number of nitrogens with one attached hydrogen (secondary N) is 2. The van der Waals surface area contributed by atoms with Crippen LogP contribution in [0.25, 0.3) is 5.69 Å². The first kappa shape index (κ1) is 21.4. The summed E-state index contributed by atoms with van der Waals surface area (Å²) in [4.78, 5) is 39.2. The van der Waals surface area contributed by atoms with Crippen molar-refractivity contribution < 1.29 is 23.9 Å². The molecule has 12 nitrogen and oxygen atoms in total. The Kier molecular flexibility index (Phi) is 5.32. The predicted molar refractivity (Wildman–Crippen MR) is 116 cm³/mol. The number of fused-ring (bicyclic) bond motifs is 1. The minimum atomic E-state index is -1.34. The van der Waals surface area contributed by atoms with E-state index in [1.165, 1.54) is 11.0 Å². The van der Waals surface area contributed by atoms with E-state index in [-0.39, 0.29) is 19.3 Å². The molecule has 0 unspecified atom stereocenters. The van der Waals surface area contributed by atoms with Crippen molar-refractivity contribution in [2.45, 2.75) is 18.6 Å². The molecule has 1 fully saturated rings. The van der Waals surface area contributed by atoms with Crippen LogP contribution in [0.15, 0.2) is 54.9 Å². The summed E-state index contributed by atoms with van der Waals surface area (Å²) in [6, 6.07) is 13.5. The number of tetrazole rings is 1. The number of hydrogen-bond donors (Lipinski definition) is 2. The summed E-state index contributed by atoms with van der Waals surface area (Å²) < 4.78 is 12.9. The normalized spacial score (nSPS) is 21.3. The van der Waals surface area contributed by atoms with E-state index >= 15 is 0 Å². The van der Waals surface area contributed by atoms with Crippen LogP contribution in [-0.4, -0.2) is 68.8 Å². The Morgan fingerprint density at radius 1 is 1.21 bits per heavy atom. The van der Waals surface area contributed by atoms with Gasteiger partial charge in [-0.3, -0.25) is 14.5 Å². The van der Waals surface area contributed by atoms with E-state index in [4.69, 9.17) is 9.47 Å². The van der Waals surface area contributed by atoms with Crippen molar-refractivity contribution in [1.29, 1.82) is 0 Å². The Labute approximate surface area is 193 Å². The number of rotatable bonds is 6. The molecule has 2 aliphatic rings. The monoisotopic (exact) mass is 463 g/mol. The van der Waals surface area contributed by atoms with Gasteiger partial charge in [-0.25, -0.2) is 9.48 Å². The van der Waals surface area contributed by atoms with E-state index in [2.05, 4.69) is 26.2 Å². The molecule has 0 bridgehead atoms. The number of aromatic nitrogens is 4. The van der Waals surface area contributed by atoms with E-state index in [9.17, 15) is 14.4 Å². The zero-order valence-electron chi connectivity index (χ0n) is 18.2. The van der Waals surface area contributed by atoms with Gasteiger partial charge in [-0.15, -0.1) is 5.10 Å². The van der Waals surface area contributed by atoms with E-state index in [1.54, 1.807) is 43.3 Å². The predicted octanol–water partition coefficient (Wildman–Crippen LogP) is 0.386. The maximum atomic E-state index is 13.2. The Bertz CT molecular complexity index is 1250. The van der Waals surface area contributed by atoms with Gasteiger partial charge in [0.25, 0.3) is 5.91 Å². The quantitative estimate of drug-likeness (QED) is 0.500. The van der Waals surface area contributed by atoms with Crippen molar-refractivity contribution in [3.63, 3.8) is 0 Å². The zero-order valence-corrected chi connectivity index (χ0v) is 18.2. The van der Waals surface area contributed by atoms with Gasteiger partial charge >= 0.3 is 6.03 Å². The Hall–Kier alpha value is -4.48. The first-order valence-corrected chi connectivity index (χ1v) is 10.6. The van der Waals surface area contributed by atoms with Gasteiger partial charge < -0.3 is 20.1 Å². The van der Waals surface area contributed by atoms with Crippen LogP contribution < -0.4 is 20.1 Å². The average molecular weight is 463 g/mol. The maximum absolute atomic E-state index is 13.2. The number of hydrogen-bond acceptors (Lipinski definition) is 8. The number of nitrogens with zero attached hydrogens (tertiary/aromatic N) is 5. The van der Waals surface area contributed by atoms with Gasteiger partial charge in [0.2, 0.25) is 5.91 Å². The summed E-state index contributed by atoms with van der Waals surface area (Å²) in [5, 5.41) is 16.4. The molecule has 2 aliphatic heterocycles. The number of para-hydroxylation sites is 2. The summed E-state index contributed by atoms with van der Waals surface area (Å²) in [6.45, 7) is 1.61. The van der Waals surface area contributed by atoms with E-state index in [1.807, 2.05) is 12.1 Å². The maximum Gasteiger partial charge on any atom is 0.325 e. The molecule has 34 heavy (non-hydrogen) atoms. The van der Waals surface area contributed by atoms with Crippen LogP contribution in [0.1, 0.15) is 12.5 Å². The Morgan fingerprint density at radius 3 is 2.82 bits per heavy atom. The second kappa shape index (κ2) is 8.46. The standard InChI is InChI=1S/C22H21N7O5/c1-22(14-5-4-6-15(9-14)29-13-24-26-27-29)20(31)28(21(32)25-22)11-19(30)23-10-16-12-33-17-7-2-3-8-18(17)34-16/h2-9,13,16H,10-12H2,1H3,(H,23,30)(H,25,32)/t16-,22-/m0/s1. The molecule has 2 N–H and O–H groups in total. The number of urea groups is 1. The fourth-order valence-corrected chi connectivity index (χ4v) is 3.87. The van der Waals surface area contributed by atoms with Crippen molar-refractivity contribution in [2.75, 3.05) is 19.7 Å². The minimum Gasteiger partial charge on any atom is -0.486 e. The summed E-state index contributed by atoms with van der Waals surface area (Å²) in [5.41, 5.74) is -0.183. The van der Waals surface area contributed by atoms with Crippen molar-refractivity contribution in [3.8, 4) is 17.2 Å². The lowest BCUT2D eigenvalue weighted by atomic mass is 9.91. The van der Waals surface area contributed by atoms with E-state index in [0.29, 0.717) is 22.7 Å². The molecular weight excluding hydrogens is 442 g/mol. The van der Waals surface area contributed by atoms with Crippen molar-refractivity contribution in [2.24, 2.45) is 0 Å². The topological polar surface area (TPSA) is 141 Å². The van der Waals surface area contributed by atoms with Gasteiger partial charge in [0, 0.05) is 0 Å². The van der Waals surface area contributed by atoms with Gasteiger partial charge in [-0.1, -0.05) is 24.3 Å². The lowest BCUT2D eigenvalue weighted by Crippen LogP contribution is -2.46. The number of carbonyl (C=O) groups excluding carboxylic acids is 3. The highest BCUT2D eigenvalue weighted by atomic mass is 16.6. The third kappa shape index (κ3) is 3.89. The van der Waals surface area contributed by atoms with Gasteiger partial charge in [0.15, 0.2) is 11.5 Å². The smallest absolute Gasteiger partial charge is 0.325 e. The fourth-order valence-electron chi connectivity index (χ4n) is 3.87. The molecule has 1 saturated heterocycles. The van der Waals surface area contributed by atoms with Crippen LogP contribution in [-0.2, 0) is 15.1 Å². The number of amides is 4. The molecule has 0 aliphatic carbocycles. The van der Waals surface area contributed by atoms with Crippen LogP contribution in [0, 0.1) is 0 Å². The third-order valence-corrected chi connectivity index (χ3v) is 5.71. The summed E-state index contributed by atoms with van der Waals surface area (Å²) in [6.07, 6.45) is 1.04. The molecule has 174 valence electrons. The second-order valence-electron chi connectivity index (χ2n) is 8.05. The molecule has 0 spiro atoms. The number of benzene rings is 2. The van der Waals surface area contributed by atoms with Gasteiger partial charge in [-0.2, -0.15) is 0 Å².